The zero-order valence-electron chi connectivity index (χ0n) is 14.4. The van der Waals surface area contributed by atoms with Gasteiger partial charge in [-0.05, 0) is 35.4 Å². The van der Waals surface area contributed by atoms with Gasteiger partial charge in [0.15, 0.2) is 11.5 Å². The molecule has 0 aliphatic carbocycles. The number of fused-ring (bicyclic) bond motifs is 1. The first kappa shape index (κ1) is 19.5. The van der Waals surface area contributed by atoms with Gasteiger partial charge in [0.25, 0.3) is 0 Å². The van der Waals surface area contributed by atoms with Crippen molar-refractivity contribution in [2.24, 2.45) is 5.14 Å². The lowest BCUT2D eigenvalue weighted by Gasteiger charge is -2.12. The minimum atomic E-state index is -3.74. The molecule has 0 saturated heterocycles. The normalized spacial score (nSPS) is 13.7. The van der Waals surface area contributed by atoms with Gasteiger partial charge in [-0.1, -0.05) is 23.7 Å². The molecule has 3 rings (SSSR count). The molecule has 7 nitrogen and oxygen atoms in total. The Morgan fingerprint density at radius 3 is 2.52 bits per heavy atom. The quantitative estimate of drug-likeness (QED) is 0.783. The molecule has 27 heavy (non-hydrogen) atoms. The van der Waals surface area contributed by atoms with Crippen molar-refractivity contribution < 1.29 is 22.7 Å². The third-order valence-electron chi connectivity index (χ3n) is 3.97. The van der Waals surface area contributed by atoms with Gasteiger partial charge in [0.2, 0.25) is 15.9 Å². The van der Waals surface area contributed by atoms with E-state index in [1.165, 1.54) is 12.1 Å². The Hall–Kier alpha value is -2.29. The van der Waals surface area contributed by atoms with E-state index in [1.54, 1.807) is 24.3 Å². The molecule has 0 atom stereocenters. The lowest BCUT2D eigenvalue weighted by molar-refractivity contribution is -0.120. The van der Waals surface area contributed by atoms with Crippen LogP contribution < -0.4 is 19.9 Å². The highest BCUT2D eigenvalue weighted by Crippen LogP contribution is 2.37. The first-order valence-corrected chi connectivity index (χ1v) is 10.2. The van der Waals surface area contributed by atoms with Gasteiger partial charge >= 0.3 is 0 Å². The fraction of sp³-hybridized carbons (Fsp3) is 0.278. The molecule has 1 aliphatic rings. The Morgan fingerprint density at radius 1 is 1.11 bits per heavy atom. The second kappa shape index (κ2) is 8.16. The monoisotopic (exact) mass is 410 g/mol. The number of hydrogen-bond donors (Lipinski definition) is 2. The minimum Gasteiger partial charge on any atom is -0.489 e. The van der Waals surface area contributed by atoms with E-state index in [4.69, 9.17) is 26.2 Å². The molecule has 144 valence electrons. The van der Waals surface area contributed by atoms with Gasteiger partial charge in [0.1, 0.15) is 0 Å². The van der Waals surface area contributed by atoms with Crippen molar-refractivity contribution in [2.45, 2.75) is 24.3 Å². The number of nitrogens with two attached hydrogens (primary N) is 1. The van der Waals surface area contributed by atoms with E-state index < -0.39 is 10.0 Å². The molecule has 0 aromatic heterocycles. The van der Waals surface area contributed by atoms with Crippen LogP contribution in [0.4, 0.5) is 0 Å². The summed E-state index contributed by atoms with van der Waals surface area (Å²) in [6.07, 6.45) is 0.893. The van der Waals surface area contributed by atoms with Gasteiger partial charge in [0.05, 0.1) is 29.6 Å². The van der Waals surface area contributed by atoms with Crippen LogP contribution in [0.15, 0.2) is 41.3 Å². The van der Waals surface area contributed by atoms with E-state index in [9.17, 15) is 13.2 Å². The highest BCUT2D eigenvalue weighted by atomic mass is 35.5. The summed E-state index contributed by atoms with van der Waals surface area (Å²) in [5, 5.41) is 8.30. The number of carbonyl (C=O) groups excluding carboxylic acids is 1. The Morgan fingerprint density at radius 2 is 1.81 bits per heavy atom. The predicted molar refractivity (Wildman–Crippen MR) is 100 cm³/mol. The van der Waals surface area contributed by atoms with Crippen LogP contribution >= 0.6 is 11.6 Å². The smallest absolute Gasteiger partial charge is 0.238 e. The number of primary sulfonamides is 1. The van der Waals surface area contributed by atoms with Gasteiger partial charge in [-0.2, -0.15) is 0 Å². The molecule has 0 fully saturated rings. The van der Waals surface area contributed by atoms with Crippen LogP contribution in [0.5, 0.6) is 11.5 Å². The first-order valence-electron chi connectivity index (χ1n) is 8.29. The number of amides is 1. The van der Waals surface area contributed by atoms with Crippen molar-refractivity contribution in [1.29, 1.82) is 0 Å². The lowest BCUT2D eigenvalue weighted by Crippen LogP contribution is -2.24. The third-order valence-corrected chi connectivity index (χ3v) is 5.18. The summed E-state index contributed by atoms with van der Waals surface area (Å²) in [6.45, 7) is 1.38. The van der Waals surface area contributed by atoms with Crippen molar-refractivity contribution in [3.63, 3.8) is 0 Å². The average Bonchev–Trinajstić information content (AvgIpc) is 2.85. The van der Waals surface area contributed by atoms with E-state index in [0.29, 0.717) is 35.3 Å². The first-order chi connectivity index (χ1) is 12.8. The summed E-state index contributed by atoms with van der Waals surface area (Å²) in [6, 6.07) is 9.40. The SMILES string of the molecule is NS(=O)(=O)c1ccc(CC(=O)NCc2cc(Cl)c3c(c2)OCCCO3)cc1. The molecular weight excluding hydrogens is 392 g/mol. The van der Waals surface area contributed by atoms with Crippen molar-refractivity contribution in [3.05, 3.63) is 52.5 Å². The molecular formula is C18H19ClN2O5S. The molecule has 1 aliphatic heterocycles. The molecule has 2 aromatic carbocycles. The van der Waals surface area contributed by atoms with Crippen LogP contribution in [-0.2, 0) is 27.8 Å². The van der Waals surface area contributed by atoms with Gasteiger partial charge in [-0.15, -0.1) is 0 Å². The minimum absolute atomic E-state index is 0.00787. The van der Waals surface area contributed by atoms with Gasteiger partial charge in [-0.3, -0.25) is 4.79 Å². The zero-order chi connectivity index (χ0) is 19.4. The zero-order valence-corrected chi connectivity index (χ0v) is 16.0. The van der Waals surface area contributed by atoms with Crippen LogP contribution in [0.1, 0.15) is 17.5 Å². The number of halogens is 1. The predicted octanol–water partition coefficient (Wildman–Crippen LogP) is 2.01. The maximum absolute atomic E-state index is 12.2. The number of rotatable bonds is 5. The Kier molecular flexibility index (Phi) is 5.88. The number of nitrogens with one attached hydrogen (secondary N) is 1. The summed E-state index contributed by atoms with van der Waals surface area (Å²) in [5.41, 5.74) is 1.47. The van der Waals surface area contributed by atoms with Crippen molar-refractivity contribution in [2.75, 3.05) is 13.2 Å². The molecule has 3 N–H and O–H groups in total. The van der Waals surface area contributed by atoms with Crippen molar-refractivity contribution in [1.82, 2.24) is 5.32 Å². The number of hydrogen-bond acceptors (Lipinski definition) is 5. The van der Waals surface area contributed by atoms with Gasteiger partial charge in [-0.25, -0.2) is 13.6 Å². The molecule has 0 radical (unpaired) electrons. The maximum atomic E-state index is 12.2. The molecule has 0 saturated carbocycles. The average molecular weight is 411 g/mol. The fourth-order valence-corrected chi connectivity index (χ4v) is 3.44. The molecule has 9 heteroatoms. The van der Waals surface area contributed by atoms with Crippen molar-refractivity contribution >= 4 is 27.5 Å². The van der Waals surface area contributed by atoms with E-state index in [0.717, 1.165) is 12.0 Å². The van der Waals surface area contributed by atoms with Crippen molar-refractivity contribution in [3.8, 4) is 11.5 Å². The van der Waals surface area contributed by atoms with Crippen LogP contribution in [0, 0.1) is 0 Å². The van der Waals surface area contributed by atoms with E-state index >= 15 is 0 Å². The molecule has 1 amide bonds. The van der Waals surface area contributed by atoms with Crippen LogP contribution in [-0.4, -0.2) is 27.5 Å². The molecule has 2 aromatic rings. The highest BCUT2D eigenvalue weighted by Gasteiger charge is 2.16. The summed E-state index contributed by atoms with van der Waals surface area (Å²) < 4.78 is 33.7. The molecule has 0 spiro atoms. The van der Waals surface area contributed by atoms with Crippen LogP contribution in [0.2, 0.25) is 5.02 Å². The largest absolute Gasteiger partial charge is 0.489 e. The maximum Gasteiger partial charge on any atom is 0.238 e. The van der Waals surface area contributed by atoms with E-state index in [2.05, 4.69) is 5.32 Å². The summed E-state index contributed by atoms with van der Waals surface area (Å²) >= 11 is 6.24. The molecule has 1 heterocycles. The second-order valence-electron chi connectivity index (χ2n) is 6.10. The molecule has 0 unspecified atom stereocenters. The Labute approximate surface area is 162 Å². The van der Waals surface area contributed by atoms with E-state index in [-0.39, 0.29) is 23.8 Å². The Balaban J connectivity index is 1.61. The fourth-order valence-electron chi connectivity index (χ4n) is 2.63. The standard InChI is InChI=1S/C18H19ClN2O5S/c19-15-8-13(9-16-18(15)26-7-1-6-25-16)11-21-17(22)10-12-2-4-14(5-3-12)27(20,23)24/h2-5,8-9H,1,6-7,10-11H2,(H,21,22)(H2,20,23,24). The topological polar surface area (TPSA) is 108 Å². The number of ether oxygens (including phenoxy) is 2. The third kappa shape index (κ3) is 5.12. The number of carbonyl (C=O) groups is 1. The van der Waals surface area contributed by atoms with Crippen LogP contribution in [0.3, 0.4) is 0 Å². The second-order valence-corrected chi connectivity index (χ2v) is 8.07. The van der Waals surface area contributed by atoms with Crippen LogP contribution in [0.25, 0.3) is 0 Å². The lowest BCUT2D eigenvalue weighted by atomic mass is 10.1. The summed E-state index contributed by atoms with van der Waals surface area (Å²) in [5.74, 6) is 0.892. The van der Waals surface area contributed by atoms with E-state index in [1.807, 2.05) is 0 Å². The van der Waals surface area contributed by atoms with Gasteiger partial charge < -0.3 is 14.8 Å². The Bertz CT molecular complexity index is 945. The highest BCUT2D eigenvalue weighted by molar-refractivity contribution is 7.89. The number of benzene rings is 2. The summed E-state index contributed by atoms with van der Waals surface area (Å²) in [7, 11) is -3.74. The number of sulfonamides is 1. The summed E-state index contributed by atoms with van der Waals surface area (Å²) in [4.78, 5) is 12.2. The van der Waals surface area contributed by atoms with Gasteiger partial charge in [0, 0.05) is 13.0 Å². The molecule has 0 bridgehead atoms.